The van der Waals surface area contributed by atoms with E-state index in [4.69, 9.17) is 4.42 Å². The lowest BCUT2D eigenvalue weighted by Gasteiger charge is -2.01. The van der Waals surface area contributed by atoms with Crippen LogP contribution in [0.5, 0.6) is 0 Å². The third kappa shape index (κ3) is 1.87. The van der Waals surface area contributed by atoms with Gasteiger partial charge < -0.3 is 4.42 Å². The fourth-order valence-corrected chi connectivity index (χ4v) is 1.41. The van der Waals surface area contributed by atoms with E-state index in [2.05, 4.69) is 37.7 Å². The van der Waals surface area contributed by atoms with Crippen molar-refractivity contribution in [2.75, 3.05) is 0 Å². The van der Waals surface area contributed by atoms with E-state index in [1.54, 1.807) is 0 Å². The zero-order chi connectivity index (χ0) is 11.0. The summed E-state index contributed by atoms with van der Waals surface area (Å²) in [5.41, 5.74) is 2.70. The lowest BCUT2D eigenvalue weighted by molar-refractivity contribution is 0.501. The van der Waals surface area contributed by atoms with Gasteiger partial charge >= 0.3 is 0 Å². The van der Waals surface area contributed by atoms with Gasteiger partial charge in [-0.2, -0.15) is 4.98 Å². The summed E-state index contributed by atoms with van der Waals surface area (Å²) in [5, 5.41) is 0. The van der Waals surface area contributed by atoms with Crippen molar-refractivity contribution in [2.45, 2.75) is 39.5 Å². The van der Waals surface area contributed by atoms with Gasteiger partial charge in [0.15, 0.2) is 17.1 Å². The number of nitrogens with zero attached hydrogens (tertiary/aromatic N) is 2. The van der Waals surface area contributed by atoms with E-state index in [1.807, 2.05) is 12.3 Å². The molecule has 80 valence electrons. The number of hydrogen-bond acceptors (Lipinski definition) is 3. The average molecular weight is 204 g/mol. The Labute approximate surface area is 89.5 Å². The summed E-state index contributed by atoms with van der Waals surface area (Å²) in [5.74, 6) is 1.54. The molecule has 0 fully saturated rings. The second-order valence-corrected chi connectivity index (χ2v) is 4.45. The molecule has 0 spiro atoms. The van der Waals surface area contributed by atoms with Crippen molar-refractivity contribution in [3.05, 3.63) is 23.7 Å². The van der Waals surface area contributed by atoms with Crippen LogP contribution in [0, 0.1) is 0 Å². The number of fused-ring (bicyclic) bond motifs is 1. The van der Waals surface area contributed by atoms with Crippen LogP contribution in [0.25, 0.3) is 11.2 Å². The van der Waals surface area contributed by atoms with Gasteiger partial charge in [0.25, 0.3) is 0 Å². The molecule has 0 unspecified atom stereocenters. The van der Waals surface area contributed by atoms with Crippen LogP contribution in [0.4, 0.5) is 0 Å². The smallest absolute Gasteiger partial charge is 0.199 e. The van der Waals surface area contributed by atoms with Gasteiger partial charge in [-0.15, -0.1) is 0 Å². The molecule has 0 bridgehead atoms. The highest BCUT2D eigenvalue weighted by atomic mass is 16.3. The van der Waals surface area contributed by atoms with E-state index in [0.717, 1.165) is 11.5 Å². The molecular weight excluding hydrogens is 188 g/mol. The first-order valence-electron chi connectivity index (χ1n) is 5.34. The Hall–Kier alpha value is -1.38. The maximum atomic E-state index is 5.65. The molecule has 0 aliphatic carbocycles. The van der Waals surface area contributed by atoms with Gasteiger partial charge in [-0.05, 0) is 17.5 Å². The van der Waals surface area contributed by atoms with Gasteiger partial charge in [0, 0.05) is 12.1 Å². The first kappa shape index (κ1) is 10.1. The van der Waals surface area contributed by atoms with Crippen molar-refractivity contribution in [3.63, 3.8) is 0 Å². The number of oxazole rings is 1. The second-order valence-electron chi connectivity index (χ2n) is 4.45. The van der Waals surface area contributed by atoms with Gasteiger partial charge in [-0.3, -0.25) is 0 Å². The van der Waals surface area contributed by atoms with Gasteiger partial charge in [0.2, 0.25) is 0 Å². The second kappa shape index (κ2) is 3.65. The molecule has 0 saturated heterocycles. The van der Waals surface area contributed by atoms with E-state index in [-0.39, 0.29) is 0 Å². The summed E-state index contributed by atoms with van der Waals surface area (Å²) >= 11 is 0. The van der Waals surface area contributed by atoms with Crippen LogP contribution in [0.15, 0.2) is 16.7 Å². The first-order valence-corrected chi connectivity index (χ1v) is 5.34. The minimum Gasteiger partial charge on any atom is -0.439 e. The van der Waals surface area contributed by atoms with Crippen molar-refractivity contribution in [2.24, 2.45) is 0 Å². The third-order valence-electron chi connectivity index (χ3n) is 2.45. The van der Waals surface area contributed by atoms with E-state index in [1.165, 1.54) is 5.56 Å². The molecule has 0 amide bonds. The number of aromatic nitrogens is 2. The normalized spacial score (nSPS) is 11.9. The van der Waals surface area contributed by atoms with Gasteiger partial charge in [0.1, 0.15) is 0 Å². The molecule has 2 rings (SSSR count). The lowest BCUT2D eigenvalue weighted by atomic mass is 10.1. The minimum atomic E-state index is 0.307. The summed E-state index contributed by atoms with van der Waals surface area (Å²) in [7, 11) is 0. The fourth-order valence-electron chi connectivity index (χ4n) is 1.41. The van der Waals surface area contributed by atoms with Crippen LogP contribution in [0.2, 0.25) is 0 Å². The average Bonchev–Trinajstić information content (AvgIpc) is 2.59. The molecule has 0 aliphatic rings. The lowest BCUT2D eigenvalue weighted by Crippen LogP contribution is -1.88. The van der Waals surface area contributed by atoms with Crippen molar-refractivity contribution in [1.82, 2.24) is 9.97 Å². The van der Waals surface area contributed by atoms with Crippen LogP contribution in [-0.2, 0) is 0 Å². The van der Waals surface area contributed by atoms with E-state index in [0.29, 0.717) is 17.5 Å². The number of rotatable bonds is 2. The van der Waals surface area contributed by atoms with Crippen LogP contribution < -0.4 is 0 Å². The van der Waals surface area contributed by atoms with E-state index in [9.17, 15) is 0 Å². The molecule has 0 N–H and O–H groups in total. The Balaban J connectivity index is 2.52. The van der Waals surface area contributed by atoms with Crippen molar-refractivity contribution < 1.29 is 4.42 Å². The van der Waals surface area contributed by atoms with Gasteiger partial charge in [-0.25, -0.2) is 4.98 Å². The van der Waals surface area contributed by atoms with Gasteiger partial charge in [0.05, 0.1) is 0 Å². The predicted molar refractivity (Wildman–Crippen MR) is 60.0 cm³/mol. The number of hydrogen-bond donors (Lipinski definition) is 0. The molecule has 0 aromatic carbocycles. The monoisotopic (exact) mass is 204 g/mol. The zero-order valence-corrected chi connectivity index (χ0v) is 9.61. The summed E-state index contributed by atoms with van der Waals surface area (Å²) in [6, 6.07) is 2.03. The van der Waals surface area contributed by atoms with E-state index >= 15 is 0 Å². The minimum absolute atomic E-state index is 0.307. The predicted octanol–water partition coefficient (Wildman–Crippen LogP) is 3.47. The Bertz CT molecular complexity index is 465. The Morgan fingerprint density at radius 2 is 1.87 bits per heavy atom. The maximum Gasteiger partial charge on any atom is 0.199 e. The standard InChI is InChI=1S/C12H16N2O/c1-7(2)9-5-10-11(13-6-9)14-12(15-10)8(3)4/h5-8H,1-4H3. The van der Waals surface area contributed by atoms with Crippen LogP contribution >= 0.6 is 0 Å². The summed E-state index contributed by atoms with van der Waals surface area (Å²) in [4.78, 5) is 8.64. The molecule has 0 atom stereocenters. The van der Waals surface area contributed by atoms with E-state index < -0.39 is 0 Å². The highest BCUT2D eigenvalue weighted by molar-refractivity contribution is 5.68. The Morgan fingerprint density at radius 1 is 1.13 bits per heavy atom. The Morgan fingerprint density at radius 3 is 2.47 bits per heavy atom. The quantitative estimate of drug-likeness (QED) is 0.751. The molecule has 3 heteroatoms. The number of pyridine rings is 1. The Kier molecular flexibility index (Phi) is 2.47. The topological polar surface area (TPSA) is 38.9 Å². The molecule has 0 aliphatic heterocycles. The zero-order valence-electron chi connectivity index (χ0n) is 9.61. The highest BCUT2D eigenvalue weighted by Crippen LogP contribution is 2.22. The molecule has 15 heavy (non-hydrogen) atoms. The maximum absolute atomic E-state index is 5.65. The summed E-state index contributed by atoms with van der Waals surface area (Å²) in [6.45, 7) is 8.41. The van der Waals surface area contributed by atoms with Crippen LogP contribution in [-0.4, -0.2) is 9.97 Å². The van der Waals surface area contributed by atoms with Gasteiger partial charge in [-0.1, -0.05) is 27.7 Å². The third-order valence-corrected chi connectivity index (χ3v) is 2.45. The highest BCUT2D eigenvalue weighted by Gasteiger charge is 2.11. The largest absolute Gasteiger partial charge is 0.439 e. The summed E-state index contributed by atoms with van der Waals surface area (Å²) < 4.78 is 5.65. The van der Waals surface area contributed by atoms with Crippen molar-refractivity contribution >= 4 is 11.2 Å². The van der Waals surface area contributed by atoms with Crippen LogP contribution in [0.3, 0.4) is 0 Å². The van der Waals surface area contributed by atoms with Crippen molar-refractivity contribution in [3.8, 4) is 0 Å². The fraction of sp³-hybridized carbons (Fsp3) is 0.500. The molecule has 0 saturated carbocycles. The molecule has 0 radical (unpaired) electrons. The SMILES string of the molecule is CC(C)c1cnc2nc(C(C)C)oc2c1. The molecule has 2 aromatic rings. The molecule has 3 nitrogen and oxygen atoms in total. The molecule has 2 heterocycles. The first-order chi connectivity index (χ1) is 7.08. The van der Waals surface area contributed by atoms with Crippen molar-refractivity contribution in [1.29, 1.82) is 0 Å². The molecule has 2 aromatic heterocycles. The summed E-state index contributed by atoms with van der Waals surface area (Å²) in [6.07, 6.45) is 1.87. The molecular formula is C12H16N2O. The van der Waals surface area contributed by atoms with Crippen LogP contribution in [0.1, 0.15) is 51.0 Å².